The van der Waals surface area contributed by atoms with Crippen LogP contribution in [0.15, 0.2) is 54.6 Å². The lowest BCUT2D eigenvalue weighted by atomic mass is 9.95. The summed E-state index contributed by atoms with van der Waals surface area (Å²) in [4.78, 5) is 0. The molecule has 0 unspecified atom stereocenters. The molecule has 0 aliphatic carbocycles. The summed E-state index contributed by atoms with van der Waals surface area (Å²) in [5.41, 5.74) is 8.46. The molecule has 0 amide bonds. The van der Waals surface area contributed by atoms with Gasteiger partial charge < -0.3 is 5.11 Å². The maximum atomic E-state index is 9.97. The van der Waals surface area contributed by atoms with Gasteiger partial charge in [-0.25, -0.2) is 0 Å². The molecule has 3 aromatic rings. The minimum atomic E-state index is -1.41. The van der Waals surface area contributed by atoms with E-state index in [1.165, 1.54) is 43.8 Å². The summed E-state index contributed by atoms with van der Waals surface area (Å²) in [6.45, 7) is 18.8. The summed E-state index contributed by atoms with van der Waals surface area (Å²) < 4.78 is 0. The van der Waals surface area contributed by atoms with Crippen LogP contribution in [0.3, 0.4) is 0 Å². The molecule has 0 saturated carbocycles. The van der Waals surface area contributed by atoms with Crippen LogP contribution in [0.5, 0.6) is 0 Å². The van der Waals surface area contributed by atoms with Crippen LogP contribution in [0.25, 0.3) is 22.3 Å². The van der Waals surface area contributed by atoms with Gasteiger partial charge in [-0.2, -0.15) is 0 Å². The van der Waals surface area contributed by atoms with Crippen molar-refractivity contribution < 1.29 is 5.11 Å². The van der Waals surface area contributed by atoms with Crippen LogP contribution in [-0.2, 0) is 6.61 Å². The Morgan fingerprint density at radius 3 is 1.23 bits per heavy atom. The van der Waals surface area contributed by atoms with Crippen LogP contribution in [0, 0.1) is 13.8 Å². The van der Waals surface area contributed by atoms with Crippen molar-refractivity contribution in [3.63, 3.8) is 0 Å². The van der Waals surface area contributed by atoms with Crippen molar-refractivity contribution in [3.05, 3.63) is 71.3 Å². The van der Waals surface area contributed by atoms with Crippen molar-refractivity contribution in [2.45, 2.75) is 59.7 Å². The molecule has 3 aromatic carbocycles. The van der Waals surface area contributed by atoms with Crippen molar-refractivity contribution in [2.75, 3.05) is 0 Å². The number of hydrogen-bond acceptors (Lipinski definition) is 1. The summed E-state index contributed by atoms with van der Waals surface area (Å²) in [5, 5.41) is 12.9. The van der Waals surface area contributed by atoms with E-state index in [0.29, 0.717) is 0 Å². The Balaban J connectivity index is 2.20. The second-order valence-corrected chi connectivity index (χ2v) is 20.9. The molecule has 0 saturated heterocycles. The predicted octanol–water partition coefficient (Wildman–Crippen LogP) is 6.22. The molecule has 0 aliphatic rings. The lowest BCUT2D eigenvalue weighted by Gasteiger charge is -2.20. The molecule has 0 fully saturated rings. The number of hydrogen-bond donors (Lipinski definition) is 1. The van der Waals surface area contributed by atoms with Crippen LogP contribution >= 0.6 is 0 Å². The molecular formula is C27H36OSi2. The van der Waals surface area contributed by atoms with E-state index in [4.69, 9.17) is 0 Å². The van der Waals surface area contributed by atoms with E-state index in [0.717, 1.165) is 5.56 Å². The maximum Gasteiger partial charge on any atom is 0.0776 e. The summed E-state index contributed by atoms with van der Waals surface area (Å²) in [5.74, 6) is 0. The summed E-state index contributed by atoms with van der Waals surface area (Å²) in [6, 6.07) is 20.5. The van der Waals surface area contributed by atoms with Gasteiger partial charge >= 0.3 is 0 Å². The molecule has 0 aliphatic heterocycles. The van der Waals surface area contributed by atoms with Crippen LogP contribution < -0.4 is 10.4 Å². The highest BCUT2D eigenvalue weighted by Crippen LogP contribution is 2.30. The lowest BCUT2D eigenvalue weighted by molar-refractivity contribution is 0.282. The molecule has 0 radical (unpaired) electrons. The number of aryl methyl sites for hydroxylation is 2. The van der Waals surface area contributed by atoms with Gasteiger partial charge in [-0.05, 0) is 59.9 Å². The van der Waals surface area contributed by atoms with Gasteiger partial charge in [0.2, 0.25) is 0 Å². The van der Waals surface area contributed by atoms with Crippen LogP contribution in [-0.4, -0.2) is 21.3 Å². The molecule has 1 N–H and O–H groups in total. The zero-order valence-electron chi connectivity index (χ0n) is 19.9. The monoisotopic (exact) mass is 432 g/mol. The van der Waals surface area contributed by atoms with E-state index in [1.54, 1.807) is 0 Å². The number of benzene rings is 3. The summed E-state index contributed by atoms with van der Waals surface area (Å²) in [6.07, 6.45) is 0. The maximum absolute atomic E-state index is 9.97. The highest BCUT2D eigenvalue weighted by molar-refractivity contribution is 6.89. The number of rotatable bonds is 5. The van der Waals surface area contributed by atoms with E-state index in [1.807, 2.05) is 0 Å². The van der Waals surface area contributed by atoms with Crippen molar-refractivity contribution in [3.8, 4) is 22.3 Å². The SMILES string of the molecule is Cc1cc(-c2cc(CO)cc(-c3cc(C)cc([Si](C)(C)C)c3)c2)cc([Si](C)(C)C)c1. The summed E-state index contributed by atoms with van der Waals surface area (Å²) >= 11 is 0. The third-order valence-corrected chi connectivity index (χ3v) is 9.77. The molecular weight excluding hydrogens is 396 g/mol. The van der Waals surface area contributed by atoms with Crippen molar-refractivity contribution in [1.29, 1.82) is 0 Å². The number of aliphatic hydroxyl groups excluding tert-OH is 1. The average molecular weight is 433 g/mol. The van der Waals surface area contributed by atoms with Crippen molar-refractivity contribution in [1.82, 2.24) is 0 Å². The molecule has 158 valence electrons. The van der Waals surface area contributed by atoms with Gasteiger partial charge in [-0.3, -0.25) is 0 Å². The molecule has 30 heavy (non-hydrogen) atoms. The Morgan fingerprint density at radius 2 is 0.900 bits per heavy atom. The van der Waals surface area contributed by atoms with Gasteiger partial charge in [0.1, 0.15) is 0 Å². The van der Waals surface area contributed by atoms with Gasteiger partial charge in [0.25, 0.3) is 0 Å². The first-order valence-corrected chi connectivity index (χ1v) is 17.9. The van der Waals surface area contributed by atoms with Gasteiger partial charge in [-0.1, -0.05) is 97.2 Å². The Morgan fingerprint density at radius 1 is 0.533 bits per heavy atom. The second kappa shape index (κ2) is 8.29. The van der Waals surface area contributed by atoms with Crippen LogP contribution in [0.4, 0.5) is 0 Å². The largest absolute Gasteiger partial charge is 0.392 e. The van der Waals surface area contributed by atoms with Gasteiger partial charge in [0.15, 0.2) is 0 Å². The molecule has 1 nitrogen and oxygen atoms in total. The van der Waals surface area contributed by atoms with Crippen molar-refractivity contribution >= 4 is 26.5 Å². The predicted molar refractivity (Wildman–Crippen MR) is 139 cm³/mol. The Kier molecular flexibility index (Phi) is 6.29. The molecule has 0 atom stereocenters. The zero-order chi connectivity index (χ0) is 22.3. The number of aliphatic hydroxyl groups is 1. The van der Waals surface area contributed by atoms with E-state index in [2.05, 4.69) is 108 Å². The topological polar surface area (TPSA) is 20.2 Å². The standard InChI is InChI=1S/C27H36OSi2/c1-19-9-22(16-26(11-19)29(3,4)5)24-13-21(18-28)14-25(15-24)23-10-20(2)12-27(17-23)30(6,7)8/h9-17,28H,18H2,1-8H3. The quantitative estimate of drug-likeness (QED) is 0.474. The van der Waals surface area contributed by atoms with Gasteiger partial charge in [-0.15, -0.1) is 0 Å². The molecule has 3 heteroatoms. The van der Waals surface area contributed by atoms with Crippen LogP contribution in [0.1, 0.15) is 16.7 Å². The van der Waals surface area contributed by atoms with E-state index in [-0.39, 0.29) is 6.61 Å². The average Bonchev–Trinajstić information content (AvgIpc) is 2.65. The Labute approximate surface area is 184 Å². The minimum absolute atomic E-state index is 0.0558. The first-order valence-electron chi connectivity index (χ1n) is 10.9. The van der Waals surface area contributed by atoms with Gasteiger partial charge in [0, 0.05) is 0 Å². The van der Waals surface area contributed by atoms with E-state index < -0.39 is 16.1 Å². The molecule has 0 spiro atoms. The first kappa shape index (κ1) is 22.7. The highest BCUT2D eigenvalue weighted by atomic mass is 28.3. The van der Waals surface area contributed by atoms with Crippen LogP contribution in [0.2, 0.25) is 39.3 Å². The van der Waals surface area contributed by atoms with E-state index in [9.17, 15) is 5.11 Å². The highest BCUT2D eigenvalue weighted by Gasteiger charge is 2.19. The molecule has 0 heterocycles. The lowest BCUT2D eigenvalue weighted by Crippen LogP contribution is -2.37. The second-order valence-electron chi connectivity index (χ2n) is 10.8. The molecule has 3 rings (SSSR count). The minimum Gasteiger partial charge on any atom is -0.392 e. The Bertz CT molecular complexity index is 987. The molecule has 0 bridgehead atoms. The fourth-order valence-electron chi connectivity index (χ4n) is 3.88. The van der Waals surface area contributed by atoms with Gasteiger partial charge in [0.05, 0.1) is 22.8 Å². The normalized spacial score (nSPS) is 12.3. The van der Waals surface area contributed by atoms with E-state index >= 15 is 0 Å². The smallest absolute Gasteiger partial charge is 0.0776 e. The fraction of sp³-hybridized carbons (Fsp3) is 0.333. The van der Waals surface area contributed by atoms with Crippen molar-refractivity contribution in [2.24, 2.45) is 0 Å². The Hall–Kier alpha value is -1.95. The zero-order valence-corrected chi connectivity index (χ0v) is 21.9. The third-order valence-electron chi connectivity index (χ3n) is 5.73. The molecule has 0 aromatic heterocycles. The summed E-state index contributed by atoms with van der Waals surface area (Å²) in [7, 11) is -2.82. The third kappa shape index (κ3) is 5.20. The fourth-order valence-corrected chi connectivity index (χ4v) is 6.38. The first-order chi connectivity index (χ1) is 13.9.